The SMILES string of the molecule is CCN(Cc1ccc(Cl)s1)C(=O)C(C)SCC(=O)Nc1ccc(F)cc1. The Morgan fingerprint density at radius 3 is 2.54 bits per heavy atom. The summed E-state index contributed by atoms with van der Waals surface area (Å²) in [5.41, 5.74) is 0.528. The minimum atomic E-state index is -0.358. The van der Waals surface area contributed by atoms with E-state index < -0.39 is 0 Å². The van der Waals surface area contributed by atoms with E-state index >= 15 is 0 Å². The molecule has 1 N–H and O–H groups in total. The molecule has 1 heterocycles. The lowest BCUT2D eigenvalue weighted by Gasteiger charge is -2.23. The van der Waals surface area contributed by atoms with E-state index in [1.165, 1.54) is 47.4 Å². The van der Waals surface area contributed by atoms with Crippen LogP contribution in [0.3, 0.4) is 0 Å². The number of rotatable bonds is 8. The third kappa shape index (κ3) is 6.30. The number of thioether (sulfide) groups is 1. The van der Waals surface area contributed by atoms with E-state index in [2.05, 4.69) is 5.32 Å². The number of thiophene rings is 1. The molecule has 0 saturated heterocycles. The lowest BCUT2D eigenvalue weighted by molar-refractivity contribution is -0.130. The number of hydrogen-bond acceptors (Lipinski definition) is 4. The van der Waals surface area contributed by atoms with Crippen molar-refractivity contribution in [3.8, 4) is 0 Å². The van der Waals surface area contributed by atoms with Crippen LogP contribution in [0, 0.1) is 5.82 Å². The molecule has 1 atom stereocenters. The van der Waals surface area contributed by atoms with Crippen molar-refractivity contribution in [3.05, 3.63) is 51.4 Å². The third-order valence-corrected chi connectivity index (χ3v) is 5.96. The van der Waals surface area contributed by atoms with Gasteiger partial charge < -0.3 is 10.2 Å². The van der Waals surface area contributed by atoms with Crippen LogP contribution in [0.2, 0.25) is 4.34 Å². The molecule has 0 bridgehead atoms. The fourth-order valence-electron chi connectivity index (χ4n) is 2.23. The highest BCUT2D eigenvalue weighted by molar-refractivity contribution is 8.01. The zero-order chi connectivity index (χ0) is 19.1. The second kappa shape index (κ2) is 9.94. The van der Waals surface area contributed by atoms with E-state index in [1.54, 1.807) is 11.8 Å². The highest BCUT2D eigenvalue weighted by atomic mass is 35.5. The first-order valence-corrected chi connectivity index (χ1v) is 10.3. The lowest BCUT2D eigenvalue weighted by Crippen LogP contribution is -2.36. The molecule has 0 aliphatic rings. The summed E-state index contributed by atoms with van der Waals surface area (Å²) < 4.78 is 13.6. The van der Waals surface area contributed by atoms with Gasteiger partial charge in [-0.2, -0.15) is 0 Å². The number of anilines is 1. The fourth-order valence-corrected chi connectivity index (χ4v) is 4.10. The van der Waals surface area contributed by atoms with E-state index in [4.69, 9.17) is 11.6 Å². The van der Waals surface area contributed by atoms with Crippen LogP contribution in [0.25, 0.3) is 0 Å². The quantitative estimate of drug-likeness (QED) is 0.684. The molecule has 2 amide bonds. The molecule has 0 saturated carbocycles. The number of benzene rings is 1. The first-order valence-electron chi connectivity index (χ1n) is 8.09. The molecule has 26 heavy (non-hydrogen) atoms. The fraction of sp³-hybridized carbons (Fsp3) is 0.333. The van der Waals surface area contributed by atoms with Crippen LogP contribution in [0.15, 0.2) is 36.4 Å². The molecule has 4 nitrogen and oxygen atoms in total. The Bertz CT molecular complexity index is 752. The molecule has 0 aliphatic heterocycles. The zero-order valence-electron chi connectivity index (χ0n) is 14.5. The Morgan fingerprint density at radius 1 is 1.27 bits per heavy atom. The maximum Gasteiger partial charge on any atom is 0.235 e. The summed E-state index contributed by atoms with van der Waals surface area (Å²) in [6.45, 7) is 4.81. The molecular formula is C18H20ClFN2O2S2. The average molecular weight is 415 g/mol. The van der Waals surface area contributed by atoms with E-state index in [0.29, 0.717) is 23.1 Å². The van der Waals surface area contributed by atoms with Crippen molar-refractivity contribution in [2.45, 2.75) is 25.6 Å². The Morgan fingerprint density at radius 2 is 1.96 bits per heavy atom. The highest BCUT2D eigenvalue weighted by Gasteiger charge is 2.21. The zero-order valence-corrected chi connectivity index (χ0v) is 16.9. The topological polar surface area (TPSA) is 49.4 Å². The Hall–Kier alpha value is -1.57. The summed E-state index contributed by atoms with van der Waals surface area (Å²) in [7, 11) is 0. The van der Waals surface area contributed by atoms with Crippen molar-refractivity contribution in [1.82, 2.24) is 4.90 Å². The van der Waals surface area contributed by atoms with Crippen molar-refractivity contribution >= 4 is 52.2 Å². The van der Waals surface area contributed by atoms with Crippen LogP contribution < -0.4 is 5.32 Å². The smallest absolute Gasteiger partial charge is 0.235 e. The van der Waals surface area contributed by atoms with E-state index in [1.807, 2.05) is 19.1 Å². The van der Waals surface area contributed by atoms with Crippen LogP contribution in [-0.4, -0.2) is 34.3 Å². The average Bonchev–Trinajstić information content (AvgIpc) is 3.04. The molecule has 1 unspecified atom stereocenters. The van der Waals surface area contributed by atoms with Crippen LogP contribution in [0.4, 0.5) is 10.1 Å². The molecule has 1 aromatic carbocycles. The molecule has 0 fully saturated rings. The van der Waals surface area contributed by atoms with Crippen molar-refractivity contribution in [3.63, 3.8) is 0 Å². The lowest BCUT2D eigenvalue weighted by atomic mass is 10.3. The second-order valence-corrected chi connectivity index (χ2v) is 8.70. The Balaban J connectivity index is 1.82. The first kappa shape index (κ1) is 20.7. The normalized spacial score (nSPS) is 11.8. The minimum Gasteiger partial charge on any atom is -0.337 e. The number of amides is 2. The molecule has 2 aromatic rings. The van der Waals surface area contributed by atoms with Crippen LogP contribution in [0.5, 0.6) is 0 Å². The van der Waals surface area contributed by atoms with Crippen molar-refractivity contribution in [1.29, 1.82) is 0 Å². The van der Waals surface area contributed by atoms with E-state index in [9.17, 15) is 14.0 Å². The van der Waals surface area contributed by atoms with Gasteiger partial charge in [0, 0.05) is 17.1 Å². The van der Waals surface area contributed by atoms with Crippen molar-refractivity contribution in [2.75, 3.05) is 17.6 Å². The summed E-state index contributed by atoms with van der Waals surface area (Å²) in [4.78, 5) is 27.4. The summed E-state index contributed by atoms with van der Waals surface area (Å²) in [6.07, 6.45) is 0. The number of nitrogens with zero attached hydrogens (tertiary/aromatic N) is 1. The number of nitrogens with one attached hydrogen (secondary N) is 1. The van der Waals surface area contributed by atoms with Gasteiger partial charge >= 0.3 is 0 Å². The Labute approximate surface area is 165 Å². The largest absolute Gasteiger partial charge is 0.337 e. The molecule has 2 rings (SSSR count). The molecular weight excluding hydrogens is 395 g/mol. The predicted octanol–water partition coefficient (Wildman–Crippen LogP) is 4.65. The molecule has 8 heteroatoms. The molecule has 0 radical (unpaired) electrons. The van der Waals surface area contributed by atoms with Gasteiger partial charge in [-0.25, -0.2) is 4.39 Å². The number of carbonyl (C=O) groups is 2. The summed E-state index contributed by atoms with van der Waals surface area (Å²) in [5, 5.41) is 2.34. The molecule has 0 aliphatic carbocycles. The van der Waals surface area contributed by atoms with Crippen molar-refractivity contribution < 1.29 is 14.0 Å². The minimum absolute atomic E-state index is 0.0170. The molecule has 140 valence electrons. The number of hydrogen-bond donors (Lipinski definition) is 1. The van der Waals surface area contributed by atoms with Gasteiger partial charge in [-0.3, -0.25) is 9.59 Å². The van der Waals surface area contributed by atoms with Gasteiger partial charge in [0.15, 0.2) is 0 Å². The Kier molecular flexibility index (Phi) is 7.93. The van der Waals surface area contributed by atoms with E-state index in [-0.39, 0.29) is 28.6 Å². The van der Waals surface area contributed by atoms with Gasteiger partial charge in [-0.1, -0.05) is 11.6 Å². The summed E-state index contributed by atoms with van der Waals surface area (Å²) >= 11 is 8.66. The van der Waals surface area contributed by atoms with Gasteiger partial charge in [0.05, 0.1) is 21.9 Å². The van der Waals surface area contributed by atoms with Crippen LogP contribution >= 0.6 is 34.7 Å². The monoisotopic (exact) mass is 414 g/mol. The van der Waals surface area contributed by atoms with Crippen LogP contribution in [-0.2, 0) is 16.1 Å². The summed E-state index contributed by atoms with van der Waals surface area (Å²) in [5.74, 6) is -0.457. The second-order valence-electron chi connectivity index (χ2n) is 5.57. The standard InChI is InChI=1S/C18H20ClFN2O2S2/c1-3-22(10-15-8-9-16(19)26-15)18(24)12(2)25-11-17(23)21-14-6-4-13(20)5-7-14/h4-9,12H,3,10-11H2,1-2H3,(H,21,23). The maximum atomic E-state index is 12.9. The highest BCUT2D eigenvalue weighted by Crippen LogP contribution is 2.24. The molecule has 0 spiro atoms. The molecule has 1 aromatic heterocycles. The number of carbonyl (C=O) groups excluding carboxylic acids is 2. The van der Waals surface area contributed by atoms with Gasteiger partial charge in [-0.05, 0) is 50.2 Å². The summed E-state index contributed by atoms with van der Waals surface area (Å²) in [6, 6.07) is 9.29. The van der Waals surface area contributed by atoms with Gasteiger partial charge in [-0.15, -0.1) is 23.1 Å². The van der Waals surface area contributed by atoms with Gasteiger partial charge in [0.1, 0.15) is 5.82 Å². The number of halogens is 2. The predicted molar refractivity (Wildman–Crippen MR) is 107 cm³/mol. The van der Waals surface area contributed by atoms with Crippen molar-refractivity contribution in [2.24, 2.45) is 0 Å². The van der Waals surface area contributed by atoms with E-state index in [0.717, 1.165) is 4.88 Å². The van der Waals surface area contributed by atoms with Gasteiger partial charge in [0.25, 0.3) is 0 Å². The maximum absolute atomic E-state index is 12.9. The first-order chi connectivity index (χ1) is 12.4. The third-order valence-electron chi connectivity index (χ3n) is 3.61. The van der Waals surface area contributed by atoms with Gasteiger partial charge in [0.2, 0.25) is 11.8 Å². The van der Waals surface area contributed by atoms with Crippen LogP contribution in [0.1, 0.15) is 18.7 Å².